The molecule has 4 N–H and O–H groups in total. The molecule has 0 aliphatic carbocycles. The van der Waals surface area contributed by atoms with E-state index in [0.717, 1.165) is 61.0 Å². The van der Waals surface area contributed by atoms with Gasteiger partial charge in [0.25, 0.3) is 0 Å². The van der Waals surface area contributed by atoms with E-state index in [1.165, 1.54) is 35.2 Å². The van der Waals surface area contributed by atoms with Crippen LogP contribution in [0.1, 0.15) is 62.0 Å². The van der Waals surface area contributed by atoms with Crippen LogP contribution in [0.2, 0.25) is 0 Å². The second-order valence-electron chi connectivity index (χ2n) is 9.44. The molecule has 34 heavy (non-hydrogen) atoms. The van der Waals surface area contributed by atoms with E-state index >= 15 is 0 Å². The molecule has 6 nitrogen and oxygen atoms in total. The first-order valence-corrected chi connectivity index (χ1v) is 12.6. The van der Waals surface area contributed by atoms with Crippen LogP contribution in [0.25, 0.3) is 33.6 Å². The number of hydrogen-bond acceptors (Lipinski definition) is 4. The highest BCUT2D eigenvalue weighted by Crippen LogP contribution is 2.31. The second-order valence-corrected chi connectivity index (χ2v) is 9.44. The van der Waals surface area contributed by atoms with E-state index in [-0.39, 0.29) is 0 Å². The molecule has 2 atom stereocenters. The minimum atomic E-state index is 0.359. The molecule has 2 fully saturated rings. The topological polar surface area (TPSA) is 81.4 Å². The molecule has 0 spiro atoms. The maximum Gasteiger partial charge on any atom is 0.124 e. The maximum absolute atomic E-state index is 4.98. The molecule has 2 aromatic carbocycles. The SMILES string of the molecule is CCc1[nH]c([C@@H]2CCCN2)nc1-c1ccc(-c2ccc(-c3cnc([C@@H]4CCCN4)[nH]3)cc2)cc1. The zero-order valence-electron chi connectivity index (χ0n) is 19.7. The summed E-state index contributed by atoms with van der Waals surface area (Å²) in [4.78, 5) is 16.7. The summed E-state index contributed by atoms with van der Waals surface area (Å²) in [6.07, 6.45) is 7.64. The van der Waals surface area contributed by atoms with Gasteiger partial charge < -0.3 is 20.6 Å². The Labute approximate surface area is 200 Å². The van der Waals surface area contributed by atoms with E-state index in [0.29, 0.717) is 12.1 Å². The maximum atomic E-state index is 4.98. The largest absolute Gasteiger partial charge is 0.344 e. The average Bonchev–Trinajstić information content (AvgIpc) is 3.70. The fourth-order valence-corrected chi connectivity index (χ4v) is 5.25. The molecular weight excluding hydrogens is 420 g/mol. The summed E-state index contributed by atoms with van der Waals surface area (Å²) in [5.74, 6) is 2.12. The number of benzene rings is 2. The molecule has 0 amide bonds. The molecule has 2 aliphatic rings. The van der Waals surface area contributed by atoms with Crippen LogP contribution in [-0.4, -0.2) is 33.0 Å². The molecule has 6 rings (SSSR count). The third-order valence-electron chi connectivity index (χ3n) is 7.21. The standard InChI is InChI=1S/C28H32N6/c1-2-22-26(34-28(32-22)24-6-4-16-30-24)21-13-9-19(10-14-21)18-7-11-20(12-8-18)25-17-31-27(33-25)23-5-3-15-29-23/h7-14,17,23-24,29-30H,2-6,15-16H2,1H3,(H,31,33)(H,32,34)/t23-,24-/m0/s1. The van der Waals surface area contributed by atoms with Crippen molar-refractivity contribution in [2.75, 3.05) is 13.1 Å². The lowest BCUT2D eigenvalue weighted by atomic mass is 10.0. The van der Waals surface area contributed by atoms with E-state index in [1.807, 2.05) is 6.20 Å². The first kappa shape index (κ1) is 21.3. The lowest BCUT2D eigenvalue weighted by molar-refractivity contribution is 0.611. The summed E-state index contributed by atoms with van der Waals surface area (Å²) in [6.45, 7) is 4.34. The number of nitrogens with zero attached hydrogens (tertiary/aromatic N) is 2. The highest BCUT2D eigenvalue weighted by Gasteiger charge is 2.22. The van der Waals surface area contributed by atoms with E-state index in [9.17, 15) is 0 Å². The predicted molar refractivity (Wildman–Crippen MR) is 136 cm³/mol. The molecule has 2 aliphatic heterocycles. The lowest BCUT2D eigenvalue weighted by Gasteiger charge is -2.07. The smallest absolute Gasteiger partial charge is 0.124 e. The van der Waals surface area contributed by atoms with Gasteiger partial charge in [0.15, 0.2) is 0 Å². The Hall–Kier alpha value is -3.22. The van der Waals surface area contributed by atoms with Crippen LogP contribution in [-0.2, 0) is 6.42 Å². The summed E-state index contributed by atoms with van der Waals surface area (Å²) in [7, 11) is 0. The molecule has 4 aromatic rings. The number of nitrogens with one attached hydrogen (secondary N) is 4. The van der Waals surface area contributed by atoms with Crippen molar-refractivity contribution in [3.63, 3.8) is 0 Å². The minimum absolute atomic E-state index is 0.359. The third kappa shape index (κ3) is 4.08. The van der Waals surface area contributed by atoms with Crippen molar-refractivity contribution >= 4 is 0 Å². The van der Waals surface area contributed by atoms with Crippen molar-refractivity contribution in [3.05, 3.63) is 72.1 Å². The van der Waals surface area contributed by atoms with Gasteiger partial charge in [-0.25, -0.2) is 9.97 Å². The van der Waals surface area contributed by atoms with Crippen molar-refractivity contribution < 1.29 is 0 Å². The van der Waals surface area contributed by atoms with Gasteiger partial charge in [-0.15, -0.1) is 0 Å². The number of hydrogen-bond donors (Lipinski definition) is 4. The zero-order valence-corrected chi connectivity index (χ0v) is 19.7. The van der Waals surface area contributed by atoms with Gasteiger partial charge in [0, 0.05) is 11.3 Å². The Kier molecular flexibility index (Phi) is 5.77. The van der Waals surface area contributed by atoms with Crippen LogP contribution in [0.4, 0.5) is 0 Å². The molecule has 0 unspecified atom stereocenters. The first-order chi connectivity index (χ1) is 16.8. The molecule has 2 saturated heterocycles. The van der Waals surface area contributed by atoms with Gasteiger partial charge in [-0.2, -0.15) is 0 Å². The fraction of sp³-hybridized carbons (Fsp3) is 0.357. The van der Waals surface area contributed by atoms with Crippen molar-refractivity contribution in [2.45, 2.75) is 51.1 Å². The summed E-state index contributed by atoms with van der Waals surface area (Å²) in [5.41, 5.74) is 8.12. The van der Waals surface area contributed by atoms with E-state index < -0.39 is 0 Å². The summed E-state index contributed by atoms with van der Waals surface area (Å²) < 4.78 is 0. The fourth-order valence-electron chi connectivity index (χ4n) is 5.25. The van der Waals surface area contributed by atoms with Gasteiger partial charge in [-0.3, -0.25) is 0 Å². The zero-order chi connectivity index (χ0) is 22.9. The van der Waals surface area contributed by atoms with Crippen LogP contribution in [0.3, 0.4) is 0 Å². The van der Waals surface area contributed by atoms with Crippen molar-refractivity contribution in [3.8, 4) is 33.6 Å². The average molecular weight is 453 g/mol. The highest BCUT2D eigenvalue weighted by atomic mass is 15.0. The van der Waals surface area contributed by atoms with Crippen LogP contribution < -0.4 is 10.6 Å². The third-order valence-corrected chi connectivity index (χ3v) is 7.21. The van der Waals surface area contributed by atoms with Gasteiger partial charge in [-0.1, -0.05) is 55.5 Å². The molecule has 6 heteroatoms. The Balaban J connectivity index is 1.20. The molecular formula is C28H32N6. The van der Waals surface area contributed by atoms with Gasteiger partial charge in [-0.05, 0) is 61.9 Å². The first-order valence-electron chi connectivity index (χ1n) is 12.6. The number of aromatic nitrogens is 4. The number of imidazole rings is 2. The Morgan fingerprint density at radius 3 is 1.91 bits per heavy atom. The predicted octanol–water partition coefficient (Wildman–Crippen LogP) is 5.55. The van der Waals surface area contributed by atoms with E-state index in [2.05, 4.69) is 81.0 Å². The quantitative estimate of drug-likeness (QED) is 0.309. The minimum Gasteiger partial charge on any atom is -0.344 e. The summed E-state index contributed by atoms with van der Waals surface area (Å²) >= 11 is 0. The van der Waals surface area contributed by atoms with Crippen molar-refractivity contribution in [2.24, 2.45) is 0 Å². The summed E-state index contributed by atoms with van der Waals surface area (Å²) in [5, 5.41) is 7.05. The number of H-pyrrole nitrogens is 2. The normalized spacial score (nSPS) is 20.3. The van der Waals surface area contributed by atoms with Gasteiger partial charge in [0.2, 0.25) is 0 Å². The summed E-state index contributed by atoms with van der Waals surface area (Å²) in [6, 6.07) is 18.2. The van der Waals surface area contributed by atoms with Crippen molar-refractivity contribution in [1.82, 2.24) is 30.6 Å². The molecule has 4 heterocycles. The monoisotopic (exact) mass is 452 g/mol. The second kappa shape index (κ2) is 9.20. The molecule has 174 valence electrons. The van der Waals surface area contributed by atoms with Crippen molar-refractivity contribution in [1.29, 1.82) is 0 Å². The van der Waals surface area contributed by atoms with Gasteiger partial charge in [0.1, 0.15) is 11.6 Å². The van der Waals surface area contributed by atoms with Crippen LogP contribution in [0, 0.1) is 0 Å². The molecule has 0 radical (unpaired) electrons. The van der Waals surface area contributed by atoms with Crippen LogP contribution in [0.5, 0.6) is 0 Å². The molecule has 0 bridgehead atoms. The molecule has 0 saturated carbocycles. The van der Waals surface area contributed by atoms with Crippen LogP contribution in [0.15, 0.2) is 54.7 Å². The Bertz CT molecular complexity index is 1240. The van der Waals surface area contributed by atoms with E-state index in [4.69, 9.17) is 4.98 Å². The Morgan fingerprint density at radius 1 is 0.735 bits per heavy atom. The number of aromatic amines is 2. The lowest BCUT2D eigenvalue weighted by Crippen LogP contribution is -2.14. The van der Waals surface area contributed by atoms with E-state index in [1.54, 1.807) is 0 Å². The van der Waals surface area contributed by atoms with Gasteiger partial charge in [0.05, 0.1) is 29.7 Å². The highest BCUT2D eigenvalue weighted by molar-refractivity contribution is 5.72. The van der Waals surface area contributed by atoms with Gasteiger partial charge >= 0.3 is 0 Å². The van der Waals surface area contributed by atoms with Crippen LogP contribution >= 0.6 is 0 Å². The Morgan fingerprint density at radius 2 is 1.32 bits per heavy atom. The number of aryl methyl sites for hydroxylation is 1. The number of rotatable bonds is 6. The molecule has 2 aromatic heterocycles.